The summed E-state index contributed by atoms with van der Waals surface area (Å²) < 4.78 is 0. The number of hydrogen-bond donors (Lipinski definition) is 1. The maximum Gasteiger partial charge on any atom is 0.254 e. The van der Waals surface area contributed by atoms with Gasteiger partial charge in [0.15, 0.2) is 0 Å². The van der Waals surface area contributed by atoms with Gasteiger partial charge in [0, 0.05) is 31.4 Å². The van der Waals surface area contributed by atoms with Crippen molar-refractivity contribution in [2.45, 2.75) is 12.8 Å². The molecule has 0 radical (unpaired) electrons. The van der Waals surface area contributed by atoms with Crippen molar-refractivity contribution in [3.63, 3.8) is 0 Å². The maximum absolute atomic E-state index is 12.4. The van der Waals surface area contributed by atoms with E-state index in [9.17, 15) is 9.59 Å². The highest BCUT2D eigenvalue weighted by molar-refractivity contribution is 6.01. The lowest BCUT2D eigenvalue weighted by Crippen LogP contribution is -2.26. The van der Waals surface area contributed by atoms with Crippen LogP contribution in [-0.4, -0.2) is 29.9 Å². The summed E-state index contributed by atoms with van der Waals surface area (Å²) in [6.45, 7) is 0. The van der Waals surface area contributed by atoms with Gasteiger partial charge in [-0.2, -0.15) is 0 Å². The lowest BCUT2D eigenvalue weighted by molar-refractivity contribution is 0.0828. The van der Waals surface area contributed by atoms with E-state index in [1.807, 2.05) is 18.2 Å². The highest BCUT2D eigenvalue weighted by Crippen LogP contribution is 2.34. The Kier molecular flexibility index (Phi) is 2.93. The molecule has 0 saturated carbocycles. The zero-order chi connectivity index (χ0) is 14.3. The fraction of sp³-hybridized carbons (Fsp3) is 0.250. The number of aromatic nitrogens is 1. The molecule has 0 bridgehead atoms. The third-order valence-corrected chi connectivity index (χ3v) is 3.69. The number of rotatable bonds is 1. The van der Waals surface area contributed by atoms with E-state index in [2.05, 4.69) is 11.1 Å². The molecule has 4 heteroatoms. The van der Waals surface area contributed by atoms with Crippen LogP contribution in [0.4, 0.5) is 0 Å². The predicted molar refractivity (Wildman–Crippen MR) is 77.9 cm³/mol. The highest BCUT2D eigenvalue weighted by Gasteiger charge is 2.24. The maximum atomic E-state index is 12.4. The molecule has 2 aromatic rings. The molecule has 1 N–H and O–H groups in total. The third kappa shape index (κ3) is 1.93. The SMILES string of the molecule is CN(C)C(=O)c1cc(=O)[nH]c2c1-c1ccccc1CC2. The number of amides is 1. The number of nitrogens with zero attached hydrogens (tertiary/aromatic N) is 1. The van der Waals surface area contributed by atoms with Crippen LogP contribution in [0, 0.1) is 0 Å². The Balaban J connectivity index is 2.32. The van der Waals surface area contributed by atoms with Crippen LogP contribution in [0.1, 0.15) is 21.6 Å². The summed E-state index contributed by atoms with van der Waals surface area (Å²) in [5, 5.41) is 0. The van der Waals surface area contributed by atoms with Gasteiger partial charge in [-0.1, -0.05) is 24.3 Å². The monoisotopic (exact) mass is 268 g/mol. The molecule has 1 aliphatic rings. The summed E-state index contributed by atoms with van der Waals surface area (Å²) in [5.74, 6) is -0.135. The summed E-state index contributed by atoms with van der Waals surface area (Å²) >= 11 is 0. The molecule has 1 aromatic carbocycles. The van der Waals surface area contributed by atoms with E-state index >= 15 is 0 Å². The first-order valence-electron chi connectivity index (χ1n) is 6.64. The second kappa shape index (κ2) is 4.63. The van der Waals surface area contributed by atoms with E-state index < -0.39 is 0 Å². The lowest BCUT2D eigenvalue weighted by atomic mass is 9.85. The van der Waals surface area contributed by atoms with Crippen LogP contribution in [0.5, 0.6) is 0 Å². The van der Waals surface area contributed by atoms with Crippen molar-refractivity contribution in [3.8, 4) is 11.1 Å². The van der Waals surface area contributed by atoms with Crippen LogP contribution < -0.4 is 5.56 Å². The first-order valence-corrected chi connectivity index (χ1v) is 6.64. The molecule has 0 fully saturated rings. The van der Waals surface area contributed by atoms with Crippen molar-refractivity contribution in [2.24, 2.45) is 0 Å². The Morgan fingerprint density at radius 2 is 1.95 bits per heavy atom. The van der Waals surface area contributed by atoms with Crippen LogP contribution in [0.2, 0.25) is 0 Å². The molecule has 0 saturated heterocycles. The number of hydrogen-bond acceptors (Lipinski definition) is 2. The van der Waals surface area contributed by atoms with E-state index in [0.29, 0.717) is 5.56 Å². The summed E-state index contributed by atoms with van der Waals surface area (Å²) in [4.78, 5) is 28.5. The zero-order valence-electron chi connectivity index (χ0n) is 11.6. The fourth-order valence-corrected chi connectivity index (χ4v) is 2.76. The minimum Gasteiger partial charge on any atom is -0.345 e. The molecule has 3 rings (SSSR count). The minimum atomic E-state index is -0.215. The second-order valence-corrected chi connectivity index (χ2v) is 5.26. The molecule has 0 spiro atoms. The van der Waals surface area contributed by atoms with Crippen molar-refractivity contribution in [3.05, 3.63) is 57.5 Å². The van der Waals surface area contributed by atoms with Gasteiger partial charge in [0.05, 0.1) is 5.56 Å². The van der Waals surface area contributed by atoms with Gasteiger partial charge in [-0.05, 0) is 24.0 Å². The number of pyridine rings is 1. The van der Waals surface area contributed by atoms with Crippen molar-refractivity contribution in [1.29, 1.82) is 0 Å². The predicted octanol–water partition coefficient (Wildman–Crippen LogP) is 1.84. The normalized spacial score (nSPS) is 12.5. The molecule has 1 amide bonds. The molecule has 0 unspecified atom stereocenters. The number of fused-ring (bicyclic) bond motifs is 3. The number of nitrogens with one attached hydrogen (secondary N) is 1. The van der Waals surface area contributed by atoms with Gasteiger partial charge in [-0.25, -0.2) is 0 Å². The molecule has 1 aromatic heterocycles. The molecule has 1 heterocycles. The molecule has 0 atom stereocenters. The zero-order valence-corrected chi connectivity index (χ0v) is 11.6. The van der Waals surface area contributed by atoms with Crippen LogP contribution >= 0.6 is 0 Å². The smallest absolute Gasteiger partial charge is 0.254 e. The van der Waals surface area contributed by atoms with E-state index in [1.54, 1.807) is 14.1 Å². The van der Waals surface area contributed by atoms with Crippen molar-refractivity contribution in [2.75, 3.05) is 14.1 Å². The van der Waals surface area contributed by atoms with Crippen molar-refractivity contribution in [1.82, 2.24) is 9.88 Å². The molecular weight excluding hydrogens is 252 g/mol. The van der Waals surface area contributed by atoms with Crippen LogP contribution in [0.15, 0.2) is 35.1 Å². The number of carbonyl (C=O) groups excluding carboxylic acids is 1. The van der Waals surface area contributed by atoms with E-state index in [-0.39, 0.29) is 11.5 Å². The quantitative estimate of drug-likeness (QED) is 0.858. The van der Waals surface area contributed by atoms with Gasteiger partial charge < -0.3 is 9.88 Å². The van der Waals surface area contributed by atoms with Crippen LogP contribution in [-0.2, 0) is 12.8 Å². The Morgan fingerprint density at radius 1 is 1.20 bits per heavy atom. The van der Waals surface area contributed by atoms with Crippen LogP contribution in [0.25, 0.3) is 11.1 Å². The third-order valence-electron chi connectivity index (χ3n) is 3.69. The Labute approximate surface area is 117 Å². The standard InChI is InChI=1S/C16H16N2O2/c1-18(2)16(20)12-9-14(19)17-13-8-7-10-5-3-4-6-11(10)15(12)13/h3-6,9H,7-8H2,1-2H3,(H,17,19). The number of carbonyl (C=O) groups is 1. The summed E-state index contributed by atoms with van der Waals surface area (Å²) in [7, 11) is 3.40. The number of aromatic amines is 1. The molecule has 102 valence electrons. The summed E-state index contributed by atoms with van der Waals surface area (Å²) in [5.41, 5.74) is 4.29. The average molecular weight is 268 g/mol. The number of aryl methyl sites for hydroxylation is 2. The molecule has 20 heavy (non-hydrogen) atoms. The number of benzene rings is 1. The minimum absolute atomic E-state index is 0.135. The van der Waals surface area contributed by atoms with Crippen LogP contribution in [0.3, 0.4) is 0 Å². The van der Waals surface area contributed by atoms with E-state index in [4.69, 9.17) is 0 Å². The van der Waals surface area contributed by atoms with E-state index in [0.717, 1.165) is 29.7 Å². The Morgan fingerprint density at radius 3 is 2.70 bits per heavy atom. The van der Waals surface area contributed by atoms with Gasteiger partial charge in [-0.15, -0.1) is 0 Å². The van der Waals surface area contributed by atoms with Gasteiger partial charge in [0.2, 0.25) is 5.56 Å². The lowest BCUT2D eigenvalue weighted by Gasteiger charge is -2.23. The van der Waals surface area contributed by atoms with E-state index in [1.165, 1.54) is 16.5 Å². The summed E-state index contributed by atoms with van der Waals surface area (Å²) in [6, 6.07) is 9.46. The van der Waals surface area contributed by atoms with Crippen molar-refractivity contribution >= 4 is 5.91 Å². The molecule has 4 nitrogen and oxygen atoms in total. The number of H-pyrrole nitrogens is 1. The molecule has 0 aliphatic heterocycles. The molecule has 1 aliphatic carbocycles. The topological polar surface area (TPSA) is 53.2 Å². The van der Waals surface area contributed by atoms with Gasteiger partial charge in [-0.3, -0.25) is 9.59 Å². The van der Waals surface area contributed by atoms with Crippen molar-refractivity contribution < 1.29 is 4.79 Å². The highest BCUT2D eigenvalue weighted by atomic mass is 16.2. The molecular formula is C16H16N2O2. The fourth-order valence-electron chi connectivity index (χ4n) is 2.76. The average Bonchev–Trinajstić information content (AvgIpc) is 2.45. The first kappa shape index (κ1) is 12.7. The summed E-state index contributed by atoms with van der Waals surface area (Å²) in [6.07, 6.45) is 1.65. The Bertz CT molecular complexity index is 744. The van der Waals surface area contributed by atoms with Gasteiger partial charge >= 0.3 is 0 Å². The van der Waals surface area contributed by atoms with Gasteiger partial charge in [0.25, 0.3) is 5.91 Å². The second-order valence-electron chi connectivity index (χ2n) is 5.26. The Hall–Kier alpha value is -2.36. The first-order chi connectivity index (χ1) is 9.58. The largest absolute Gasteiger partial charge is 0.345 e. The van der Waals surface area contributed by atoms with Gasteiger partial charge in [0.1, 0.15) is 0 Å².